The molecule has 1 fully saturated rings. The average Bonchev–Trinajstić information content (AvgIpc) is 3.44. The summed E-state index contributed by atoms with van der Waals surface area (Å²) in [7, 11) is 10.7. The molecule has 3 unspecified atom stereocenters. The van der Waals surface area contributed by atoms with Crippen LogP contribution < -0.4 is 4.74 Å². The molecule has 12 heteroatoms. The molecule has 1 aliphatic carbocycles. The molecule has 1 aliphatic rings. The van der Waals surface area contributed by atoms with Gasteiger partial charge in [-0.1, -0.05) is 91.8 Å². The summed E-state index contributed by atoms with van der Waals surface area (Å²) >= 11 is 21.6. The molecule has 0 radical (unpaired) electrons. The Balaban J connectivity index is 0.000000395. The Morgan fingerprint density at radius 1 is 1.00 bits per heavy atom. The van der Waals surface area contributed by atoms with Gasteiger partial charge >= 0.3 is 5.97 Å². The maximum absolute atomic E-state index is 12.6. The third-order valence-electron chi connectivity index (χ3n) is 5.88. The van der Waals surface area contributed by atoms with Gasteiger partial charge in [0.1, 0.15) is 30.7 Å². The molecule has 0 heterocycles. The number of para-hydroxylation sites is 1. The molecule has 1 saturated carbocycles. The molecule has 0 N–H and O–H groups in total. The topological polar surface area (TPSA) is 65.8 Å². The second kappa shape index (κ2) is 15.9. The van der Waals surface area contributed by atoms with Crippen molar-refractivity contribution in [1.29, 1.82) is 5.26 Å². The molecule has 0 amide bonds. The Labute approximate surface area is 265 Å². The van der Waals surface area contributed by atoms with Crippen LogP contribution in [-0.4, -0.2) is 52.6 Å². The Kier molecular flexibility index (Phi) is 13.6. The zero-order valence-corrected chi connectivity index (χ0v) is 27.7. The van der Waals surface area contributed by atoms with E-state index in [1.807, 2.05) is 88.2 Å². The number of ether oxygens (including phenoxy) is 2. The average molecular weight is 657 g/mol. The quantitative estimate of drug-likeness (QED) is 0.173. The third kappa shape index (κ3) is 10.4. The standard InChI is InChI=1S/C22H19Cl2NO3.C6H12N2S4/c1-22(2)17(12-19(23)24)20(22)21(26)28-18(13-25)14-7-6-10-16(11-14)27-15-8-4-3-5-9-15;1-7(2)5(9)11-12-6(10)8(3)4/h3-12,17-18,20H,1-2H3;1-4H3. The van der Waals surface area contributed by atoms with E-state index in [2.05, 4.69) is 0 Å². The molecule has 3 rings (SSSR count). The first-order valence-corrected chi connectivity index (χ1v) is 15.7. The van der Waals surface area contributed by atoms with Gasteiger partial charge < -0.3 is 19.3 Å². The van der Waals surface area contributed by atoms with Gasteiger partial charge in [0.2, 0.25) is 6.10 Å². The van der Waals surface area contributed by atoms with Gasteiger partial charge in [-0.15, -0.1) is 0 Å². The van der Waals surface area contributed by atoms with Crippen LogP contribution in [-0.2, 0) is 9.53 Å². The zero-order chi connectivity index (χ0) is 30.0. The van der Waals surface area contributed by atoms with Crippen LogP contribution in [0.4, 0.5) is 0 Å². The lowest BCUT2D eigenvalue weighted by atomic mass is 10.1. The van der Waals surface area contributed by atoms with E-state index in [0.29, 0.717) is 17.1 Å². The second-order valence-electron chi connectivity index (χ2n) is 9.70. The lowest BCUT2D eigenvalue weighted by Crippen LogP contribution is -2.18. The van der Waals surface area contributed by atoms with Gasteiger partial charge in [0.15, 0.2) is 0 Å². The summed E-state index contributed by atoms with van der Waals surface area (Å²) in [6, 6.07) is 18.3. The predicted octanol–water partition coefficient (Wildman–Crippen LogP) is 8.24. The number of halogens is 2. The highest BCUT2D eigenvalue weighted by Crippen LogP contribution is 2.60. The van der Waals surface area contributed by atoms with Gasteiger partial charge in [0, 0.05) is 33.8 Å². The molecule has 6 nitrogen and oxygen atoms in total. The minimum atomic E-state index is -1.03. The van der Waals surface area contributed by atoms with E-state index in [1.54, 1.807) is 30.3 Å². The molecule has 3 atom stereocenters. The summed E-state index contributed by atoms with van der Waals surface area (Å²) in [5, 5.41) is 9.53. The van der Waals surface area contributed by atoms with E-state index in [1.165, 1.54) is 21.6 Å². The molecular weight excluding hydrogens is 626 g/mol. The summed E-state index contributed by atoms with van der Waals surface area (Å²) in [6.07, 6.45) is 0.615. The molecule has 0 spiro atoms. The fourth-order valence-corrected chi connectivity index (χ4v) is 6.17. The normalized spacial score (nSPS) is 17.1. The number of hydrogen-bond donors (Lipinski definition) is 0. The van der Waals surface area contributed by atoms with E-state index in [9.17, 15) is 10.1 Å². The van der Waals surface area contributed by atoms with Crippen LogP contribution in [0.25, 0.3) is 0 Å². The number of benzene rings is 2. The van der Waals surface area contributed by atoms with Crippen LogP contribution in [0, 0.1) is 28.6 Å². The van der Waals surface area contributed by atoms with Crippen molar-refractivity contribution in [2.45, 2.75) is 20.0 Å². The zero-order valence-electron chi connectivity index (χ0n) is 23.0. The molecule has 2 aromatic carbocycles. The van der Waals surface area contributed by atoms with E-state index >= 15 is 0 Å². The fourth-order valence-electron chi connectivity index (χ4n) is 3.52. The maximum atomic E-state index is 12.6. The van der Waals surface area contributed by atoms with Crippen LogP contribution in [0.2, 0.25) is 0 Å². The number of hydrogen-bond acceptors (Lipinski definition) is 8. The monoisotopic (exact) mass is 655 g/mol. The highest BCUT2D eigenvalue weighted by molar-refractivity contribution is 8.89. The number of thiocarbonyl (C=S) groups is 2. The highest BCUT2D eigenvalue weighted by atomic mass is 35.5. The number of carbonyl (C=O) groups excluding carboxylic acids is 1. The lowest BCUT2D eigenvalue weighted by Gasteiger charge is -2.15. The first kappa shape index (κ1) is 34.2. The number of nitrogens with zero attached hydrogens (tertiary/aromatic N) is 3. The van der Waals surface area contributed by atoms with E-state index in [4.69, 9.17) is 57.1 Å². The van der Waals surface area contributed by atoms with Crippen LogP contribution >= 0.6 is 69.2 Å². The molecule has 0 bridgehead atoms. The Morgan fingerprint density at radius 3 is 2.05 bits per heavy atom. The van der Waals surface area contributed by atoms with Crippen LogP contribution in [0.15, 0.2) is 65.2 Å². The number of rotatable bonds is 6. The Hall–Kier alpha value is -2.00. The minimum Gasteiger partial charge on any atom is -0.457 e. The summed E-state index contributed by atoms with van der Waals surface area (Å²) in [4.78, 5) is 16.4. The summed E-state index contributed by atoms with van der Waals surface area (Å²) in [5.74, 6) is 0.289. The highest BCUT2D eigenvalue weighted by Gasteiger charge is 2.62. The van der Waals surface area contributed by atoms with Crippen molar-refractivity contribution in [2.24, 2.45) is 17.3 Å². The minimum absolute atomic E-state index is 0.114. The third-order valence-corrected chi connectivity index (χ3v) is 10.3. The fraction of sp³-hybridized carbons (Fsp3) is 0.357. The van der Waals surface area contributed by atoms with Crippen molar-refractivity contribution in [3.05, 3.63) is 70.7 Å². The molecule has 0 aliphatic heterocycles. The first-order valence-electron chi connectivity index (χ1n) is 12.0. The summed E-state index contributed by atoms with van der Waals surface area (Å²) in [6.45, 7) is 3.87. The van der Waals surface area contributed by atoms with Crippen molar-refractivity contribution in [1.82, 2.24) is 9.80 Å². The van der Waals surface area contributed by atoms with E-state index in [0.717, 1.165) is 8.64 Å². The first-order chi connectivity index (χ1) is 18.8. The second-order valence-corrected chi connectivity index (χ2v) is 14.1. The van der Waals surface area contributed by atoms with Gasteiger partial charge in [-0.3, -0.25) is 4.79 Å². The SMILES string of the molecule is CC1(C)C(C=C(Cl)Cl)C1C(=O)OC(C#N)c1cccc(Oc2ccccc2)c1.CN(C)C(=S)SSC(=S)N(C)C. The Morgan fingerprint density at radius 2 is 1.55 bits per heavy atom. The molecular formula is C28H31Cl2N3O3S4. The molecule has 0 aromatic heterocycles. The molecule has 214 valence electrons. The van der Waals surface area contributed by atoms with Gasteiger partial charge in [0.05, 0.1) is 5.92 Å². The molecule has 2 aromatic rings. The largest absolute Gasteiger partial charge is 0.457 e. The number of esters is 1. The van der Waals surface area contributed by atoms with E-state index < -0.39 is 12.1 Å². The van der Waals surface area contributed by atoms with Gasteiger partial charge in [-0.05, 0) is 63.3 Å². The van der Waals surface area contributed by atoms with Gasteiger partial charge in [-0.25, -0.2) is 0 Å². The summed E-state index contributed by atoms with van der Waals surface area (Å²) < 4.78 is 13.1. The number of nitriles is 1. The Bertz CT molecular complexity index is 1240. The molecule has 40 heavy (non-hydrogen) atoms. The lowest BCUT2D eigenvalue weighted by molar-refractivity contribution is -0.149. The maximum Gasteiger partial charge on any atom is 0.311 e. The molecule has 0 saturated heterocycles. The van der Waals surface area contributed by atoms with Crippen molar-refractivity contribution >= 4 is 83.8 Å². The van der Waals surface area contributed by atoms with Crippen molar-refractivity contribution in [3.8, 4) is 17.6 Å². The number of carbonyl (C=O) groups is 1. The van der Waals surface area contributed by atoms with Crippen LogP contribution in [0.3, 0.4) is 0 Å². The number of allylic oxidation sites excluding steroid dienone is 1. The predicted molar refractivity (Wildman–Crippen MR) is 176 cm³/mol. The smallest absolute Gasteiger partial charge is 0.311 e. The van der Waals surface area contributed by atoms with Crippen molar-refractivity contribution in [3.63, 3.8) is 0 Å². The van der Waals surface area contributed by atoms with E-state index in [-0.39, 0.29) is 21.7 Å². The van der Waals surface area contributed by atoms with Crippen LogP contribution in [0.5, 0.6) is 11.5 Å². The van der Waals surface area contributed by atoms with Gasteiger partial charge in [-0.2, -0.15) is 5.26 Å². The van der Waals surface area contributed by atoms with Crippen molar-refractivity contribution < 1.29 is 14.3 Å². The van der Waals surface area contributed by atoms with Crippen LogP contribution in [0.1, 0.15) is 25.5 Å². The van der Waals surface area contributed by atoms with Gasteiger partial charge in [0.25, 0.3) is 0 Å². The summed E-state index contributed by atoms with van der Waals surface area (Å²) in [5.41, 5.74) is 0.231. The van der Waals surface area contributed by atoms with Crippen molar-refractivity contribution in [2.75, 3.05) is 28.2 Å².